The van der Waals surface area contributed by atoms with Crippen LogP contribution in [0.4, 0.5) is 0 Å². The van der Waals surface area contributed by atoms with E-state index in [0.29, 0.717) is 18.4 Å². The Morgan fingerprint density at radius 1 is 1.19 bits per heavy atom. The summed E-state index contributed by atoms with van der Waals surface area (Å²) in [4.78, 5) is 29.1. The van der Waals surface area contributed by atoms with E-state index in [1.54, 1.807) is 18.4 Å². The third kappa shape index (κ3) is 5.16. The van der Waals surface area contributed by atoms with Crippen molar-refractivity contribution in [2.45, 2.75) is 65.5 Å². The fourth-order valence-corrected chi connectivity index (χ4v) is 3.98. The van der Waals surface area contributed by atoms with Crippen LogP contribution < -0.4 is 5.32 Å². The maximum Gasteiger partial charge on any atom is 0.326 e. The Labute approximate surface area is 182 Å². The topological polar surface area (TPSA) is 97.4 Å². The lowest BCUT2D eigenvalue weighted by Gasteiger charge is -2.19. The van der Waals surface area contributed by atoms with E-state index in [1.165, 1.54) is 0 Å². The van der Waals surface area contributed by atoms with Gasteiger partial charge in [0.2, 0.25) is 0 Å². The molecule has 7 heteroatoms. The Balaban J connectivity index is 1.96. The van der Waals surface area contributed by atoms with E-state index in [1.807, 2.05) is 32.0 Å². The molecular weight excluding hydrogens is 394 g/mol. The first kappa shape index (κ1) is 22.6. The molecule has 1 atom stereocenters. The number of carboxylic acids is 1. The Bertz CT molecular complexity index is 1030. The summed E-state index contributed by atoms with van der Waals surface area (Å²) < 4.78 is 7.76. The molecule has 0 spiro atoms. The Morgan fingerprint density at radius 3 is 2.52 bits per heavy atom. The number of imidazole rings is 1. The summed E-state index contributed by atoms with van der Waals surface area (Å²) >= 11 is 0. The van der Waals surface area contributed by atoms with Crippen molar-refractivity contribution in [3.05, 3.63) is 53.7 Å². The summed E-state index contributed by atoms with van der Waals surface area (Å²) in [6.45, 7) is 8.16. The van der Waals surface area contributed by atoms with Crippen LogP contribution in [0.5, 0.6) is 0 Å². The Morgan fingerprint density at radius 2 is 1.94 bits per heavy atom. The van der Waals surface area contributed by atoms with Gasteiger partial charge in [0.25, 0.3) is 5.91 Å². The molecule has 3 rings (SSSR count). The molecule has 31 heavy (non-hydrogen) atoms. The number of aliphatic carboxylic acids is 1. The maximum absolute atomic E-state index is 12.8. The van der Waals surface area contributed by atoms with Gasteiger partial charge in [-0.05, 0) is 55.5 Å². The highest BCUT2D eigenvalue weighted by Crippen LogP contribution is 2.28. The molecular formula is C24H31N3O4. The predicted octanol–water partition coefficient (Wildman–Crippen LogP) is 4.81. The molecule has 2 aromatic heterocycles. The van der Waals surface area contributed by atoms with Gasteiger partial charge in [-0.2, -0.15) is 0 Å². The first-order valence-corrected chi connectivity index (χ1v) is 10.9. The van der Waals surface area contributed by atoms with Gasteiger partial charge >= 0.3 is 5.97 Å². The van der Waals surface area contributed by atoms with Gasteiger partial charge in [-0.15, -0.1) is 0 Å². The number of carbonyl (C=O) groups is 2. The zero-order valence-corrected chi connectivity index (χ0v) is 18.6. The van der Waals surface area contributed by atoms with Gasteiger partial charge in [0.15, 0.2) is 0 Å². The van der Waals surface area contributed by atoms with E-state index in [-0.39, 0.29) is 12.0 Å². The van der Waals surface area contributed by atoms with Crippen molar-refractivity contribution in [3.8, 4) is 0 Å². The van der Waals surface area contributed by atoms with Crippen LogP contribution in [-0.2, 0) is 11.2 Å². The second-order valence-corrected chi connectivity index (χ2v) is 8.32. The highest BCUT2D eigenvalue weighted by Gasteiger charge is 2.23. The first-order valence-electron chi connectivity index (χ1n) is 10.9. The van der Waals surface area contributed by atoms with E-state index in [4.69, 9.17) is 9.40 Å². The van der Waals surface area contributed by atoms with Gasteiger partial charge in [0.1, 0.15) is 17.6 Å². The molecule has 2 N–H and O–H groups in total. The molecule has 0 aliphatic heterocycles. The molecule has 0 saturated heterocycles. The summed E-state index contributed by atoms with van der Waals surface area (Å²) in [5.41, 5.74) is 2.09. The minimum atomic E-state index is -1.03. The second kappa shape index (κ2) is 9.81. The molecule has 0 bridgehead atoms. The van der Waals surface area contributed by atoms with Crippen molar-refractivity contribution in [1.29, 1.82) is 0 Å². The highest BCUT2D eigenvalue weighted by molar-refractivity contribution is 5.99. The number of nitrogens with zero attached hydrogens (tertiary/aromatic N) is 2. The number of amides is 1. The lowest BCUT2D eigenvalue weighted by Crippen LogP contribution is -2.41. The van der Waals surface area contributed by atoms with Crippen LogP contribution in [-0.4, -0.2) is 32.6 Å². The standard InChI is InChI=1S/C24H31N3O4/c1-5-17(6-2)27-21-10-9-16(23(28)26-20(24(29)30)12-15(3)4)13-19(21)25-22(27)14-18-8-7-11-31-18/h7-11,13,15,17,20H,5-6,12,14H2,1-4H3,(H,26,28)(H,29,30)/t20-/m0/s1. The predicted molar refractivity (Wildman–Crippen MR) is 119 cm³/mol. The molecule has 0 radical (unpaired) electrons. The van der Waals surface area contributed by atoms with Crippen molar-refractivity contribution in [3.63, 3.8) is 0 Å². The number of nitrogens with one attached hydrogen (secondary N) is 1. The van der Waals surface area contributed by atoms with E-state index in [0.717, 1.165) is 35.5 Å². The third-order valence-electron chi connectivity index (χ3n) is 5.56. The summed E-state index contributed by atoms with van der Waals surface area (Å²) in [6.07, 6.45) is 4.52. The number of hydrogen-bond acceptors (Lipinski definition) is 4. The van der Waals surface area contributed by atoms with E-state index in [9.17, 15) is 14.7 Å². The maximum atomic E-state index is 12.8. The summed E-state index contributed by atoms with van der Waals surface area (Å²) in [5.74, 6) is 0.447. The average Bonchev–Trinajstić information content (AvgIpc) is 3.36. The van der Waals surface area contributed by atoms with Crippen molar-refractivity contribution in [2.75, 3.05) is 0 Å². The van der Waals surface area contributed by atoms with Gasteiger partial charge in [0.05, 0.1) is 23.7 Å². The van der Waals surface area contributed by atoms with Crippen LogP contribution in [0.1, 0.15) is 74.9 Å². The molecule has 0 unspecified atom stereocenters. The number of fused-ring (bicyclic) bond motifs is 1. The average molecular weight is 426 g/mol. The van der Waals surface area contributed by atoms with Crippen molar-refractivity contribution < 1.29 is 19.1 Å². The SMILES string of the molecule is CCC(CC)n1c(Cc2ccco2)nc2cc(C(=O)N[C@@H](CC(C)C)C(=O)O)ccc21. The molecule has 166 valence electrons. The zero-order valence-electron chi connectivity index (χ0n) is 18.6. The monoisotopic (exact) mass is 425 g/mol. The van der Waals surface area contributed by atoms with Crippen LogP contribution in [0.15, 0.2) is 41.0 Å². The molecule has 1 aromatic carbocycles. The Hall–Kier alpha value is -3.09. The lowest BCUT2D eigenvalue weighted by atomic mass is 10.0. The molecule has 0 aliphatic carbocycles. The van der Waals surface area contributed by atoms with Gasteiger partial charge in [-0.1, -0.05) is 27.7 Å². The van der Waals surface area contributed by atoms with E-state index in [2.05, 4.69) is 23.7 Å². The molecule has 2 heterocycles. The van der Waals surface area contributed by atoms with Crippen molar-refractivity contribution in [2.24, 2.45) is 5.92 Å². The van der Waals surface area contributed by atoms with Crippen LogP contribution in [0.3, 0.4) is 0 Å². The number of benzene rings is 1. The smallest absolute Gasteiger partial charge is 0.326 e. The third-order valence-corrected chi connectivity index (χ3v) is 5.56. The minimum absolute atomic E-state index is 0.156. The minimum Gasteiger partial charge on any atom is -0.480 e. The van der Waals surface area contributed by atoms with Gasteiger partial charge in [-0.25, -0.2) is 9.78 Å². The summed E-state index contributed by atoms with van der Waals surface area (Å²) in [6, 6.07) is 8.54. The quantitative estimate of drug-likeness (QED) is 0.486. The molecule has 0 saturated carbocycles. The number of hydrogen-bond donors (Lipinski definition) is 2. The number of aromatic nitrogens is 2. The zero-order chi connectivity index (χ0) is 22.5. The highest BCUT2D eigenvalue weighted by atomic mass is 16.4. The first-order chi connectivity index (χ1) is 14.8. The molecule has 0 fully saturated rings. The van der Waals surface area contributed by atoms with Crippen molar-refractivity contribution in [1.82, 2.24) is 14.9 Å². The molecule has 3 aromatic rings. The largest absolute Gasteiger partial charge is 0.480 e. The fraction of sp³-hybridized carbons (Fsp3) is 0.458. The molecule has 7 nitrogen and oxygen atoms in total. The summed E-state index contributed by atoms with van der Waals surface area (Å²) in [5, 5.41) is 12.1. The second-order valence-electron chi connectivity index (χ2n) is 8.32. The van der Waals surface area contributed by atoms with Gasteiger partial charge < -0.3 is 19.4 Å². The molecule has 0 aliphatic rings. The number of carboxylic acid groups (broad SMARTS) is 1. The lowest BCUT2D eigenvalue weighted by molar-refractivity contribution is -0.139. The fourth-order valence-electron chi connectivity index (χ4n) is 3.98. The van der Waals surface area contributed by atoms with Gasteiger partial charge in [0, 0.05) is 11.6 Å². The van der Waals surface area contributed by atoms with Crippen LogP contribution in [0.2, 0.25) is 0 Å². The number of carbonyl (C=O) groups excluding carboxylic acids is 1. The van der Waals surface area contributed by atoms with Crippen LogP contribution in [0.25, 0.3) is 11.0 Å². The van der Waals surface area contributed by atoms with E-state index < -0.39 is 17.9 Å². The summed E-state index contributed by atoms with van der Waals surface area (Å²) in [7, 11) is 0. The number of rotatable bonds is 10. The van der Waals surface area contributed by atoms with Crippen LogP contribution >= 0.6 is 0 Å². The van der Waals surface area contributed by atoms with Crippen LogP contribution in [0, 0.1) is 5.92 Å². The number of furan rings is 1. The van der Waals surface area contributed by atoms with Gasteiger partial charge in [-0.3, -0.25) is 4.79 Å². The normalized spacial score (nSPS) is 12.6. The molecule has 1 amide bonds. The van der Waals surface area contributed by atoms with Crippen molar-refractivity contribution >= 4 is 22.9 Å². The van der Waals surface area contributed by atoms with E-state index >= 15 is 0 Å². The Kier molecular flexibility index (Phi) is 7.15.